The van der Waals surface area contributed by atoms with Gasteiger partial charge in [0.2, 0.25) is 0 Å². The van der Waals surface area contributed by atoms with E-state index >= 15 is 0 Å². The van der Waals surface area contributed by atoms with Gasteiger partial charge in [0.25, 0.3) is 0 Å². The van der Waals surface area contributed by atoms with Crippen molar-refractivity contribution in [3.63, 3.8) is 0 Å². The number of methoxy groups -OCH3 is 1. The number of para-hydroxylation sites is 5. The highest BCUT2D eigenvalue weighted by Crippen LogP contribution is 2.26. The predicted molar refractivity (Wildman–Crippen MR) is 157 cm³/mol. The van der Waals surface area contributed by atoms with E-state index < -0.39 is 0 Å². The summed E-state index contributed by atoms with van der Waals surface area (Å²) in [5.74, 6) is 2.48. The first-order valence-electron chi connectivity index (χ1n) is 13.3. The summed E-state index contributed by atoms with van der Waals surface area (Å²) in [6, 6.07) is 24.0. The summed E-state index contributed by atoms with van der Waals surface area (Å²) in [6.07, 6.45) is 2.14. The molecule has 204 valence electrons. The summed E-state index contributed by atoms with van der Waals surface area (Å²) < 4.78 is 22.1. The van der Waals surface area contributed by atoms with Gasteiger partial charge in [0, 0.05) is 20.7 Å². The van der Waals surface area contributed by atoms with Gasteiger partial charge >= 0.3 is 0 Å². The molecule has 6 nitrogen and oxygen atoms in total. The van der Waals surface area contributed by atoms with Crippen LogP contribution in [0.1, 0.15) is 39.7 Å². The van der Waals surface area contributed by atoms with Gasteiger partial charge in [-0.3, -0.25) is 0 Å². The van der Waals surface area contributed by atoms with Crippen molar-refractivity contribution >= 4 is 11.4 Å². The lowest BCUT2D eigenvalue weighted by atomic mass is 10.1. The Hall–Kier alpha value is -3.38. The van der Waals surface area contributed by atoms with Crippen LogP contribution in [-0.2, 0) is 11.2 Å². The van der Waals surface area contributed by atoms with E-state index in [1.807, 2.05) is 94.5 Å². The zero-order valence-electron chi connectivity index (χ0n) is 23.5. The smallest absolute Gasteiger partial charge is 0.161 e. The molecule has 3 rings (SSSR count). The number of rotatable bonds is 14. The minimum atomic E-state index is 0.491. The Morgan fingerprint density at radius 3 is 1.78 bits per heavy atom. The van der Waals surface area contributed by atoms with E-state index in [-0.39, 0.29) is 0 Å². The molecule has 0 saturated carbocycles. The topological polar surface area (TPSA) is 61.0 Å². The minimum Gasteiger partial charge on any atom is -0.490 e. The van der Waals surface area contributed by atoms with Crippen molar-refractivity contribution in [3.05, 3.63) is 78.4 Å². The zero-order valence-corrected chi connectivity index (χ0v) is 23.5. The van der Waals surface area contributed by atoms with Crippen molar-refractivity contribution in [3.8, 4) is 17.2 Å². The molecule has 0 amide bonds. The normalized spacial score (nSPS) is 9.68. The maximum Gasteiger partial charge on any atom is 0.161 e. The first-order valence-corrected chi connectivity index (χ1v) is 13.3. The predicted octanol–water partition coefficient (Wildman–Crippen LogP) is 7.31. The first-order chi connectivity index (χ1) is 18.2. The molecule has 0 aliphatic heterocycles. The molecule has 3 aromatic carbocycles. The van der Waals surface area contributed by atoms with Crippen LogP contribution < -0.4 is 24.8 Å². The Morgan fingerprint density at radius 1 is 0.649 bits per heavy atom. The lowest BCUT2D eigenvalue weighted by molar-refractivity contribution is 0.207. The van der Waals surface area contributed by atoms with Crippen LogP contribution in [0, 0.1) is 0 Å². The Labute approximate surface area is 224 Å². The van der Waals surface area contributed by atoms with Gasteiger partial charge in [-0.05, 0) is 49.2 Å². The molecule has 0 heterocycles. The van der Waals surface area contributed by atoms with Gasteiger partial charge in [0.05, 0.1) is 24.6 Å². The third kappa shape index (κ3) is 12.4. The minimum absolute atomic E-state index is 0.491. The van der Waals surface area contributed by atoms with Crippen molar-refractivity contribution in [2.24, 2.45) is 0 Å². The Balaban J connectivity index is 0.000000389. The quantitative estimate of drug-likeness (QED) is 0.222. The van der Waals surface area contributed by atoms with Crippen molar-refractivity contribution in [1.29, 1.82) is 0 Å². The molecule has 0 aromatic heterocycles. The van der Waals surface area contributed by atoms with E-state index in [0.29, 0.717) is 19.8 Å². The summed E-state index contributed by atoms with van der Waals surface area (Å²) in [5.41, 5.74) is 3.47. The second-order valence-corrected chi connectivity index (χ2v) is 7.65. The van der Waals surface area contributed by atoms with Crippen LogP contribution in [0.15, 0.2) is 72.8 Å². The highest BCUT2D eigenvalue weighted by molar-refractivity contribution is 5.68. The Bertz CT molecular complexity index is 914. The molecular weight excluding hydrogens is 464 g/mol. The van der Waals surface area contributed by atoms with Crippen LogP contribution in [0.25, 0.3) is 0 Å². The summed E-state index contributed by atoms with van der Waals surface area (Å²) in [6.45, 7) is 11.3. The fourth-order valence-corrected chi connectivity index (χ4v) is 3.41. The van der Waals surface area contributed by atoms with Gasteiger partial charge in [0.1, 0.15) is 19.0 Å². The maximum atomic E-state index is 5.85. The number of hydrogen-bond acceptors (Lipinski definition) is 6. The largest absolute Gasteiger partial charge is 0.490 e. The number of benzene rings is 3. The molecule has 0 saturated heterocycles. The number of anilines is 2. The van der Waals surface area contributed by atoms with E-state index in [1.165, 1.54) is 5.56 Å². The number of nitrogens with one attached hydrogen (secondary N) is 2. The van der Waals surface area contributed by atoms with E-state index in [1.54, 1.807) is 7.11 Å². The SMILES string of the molecule is CC.CCCc1ccccc1OCCOc1ccccc1OCC.CNc1ccccc1NCCOC. The molecule has 37 heavy (non-hydrogen) atoms. The molecule has 0 fully saturated rings. The second kappa shape index (κ2) is 20.8. The summed E-state index contributed by atoms with van der Waals surface area (Å²) in [4.78, 5) is 0. The van der Waals surface area contributed by atoms with Crippen LogP contribution in [0.4, 0.5) is 11.4 Å². The fraction of sp³-hybridized carbons (Fsp3) is 0.419. The number of ether oxygens (including phenoxy) is 4. The van der Waals surface area contributed by atoms with Crippen LogP contribution in [-0.4, -0.2) is 47.1 Å². The Morgan fingerprint density at radius 2 is 1.19 bits per heavy atom. The highest BCUT2D eigenvalue weighted by Gasteiger charge is 2.05. The first kappa shape index (κ1) is 31.6. The van der Waals surface area contributed by atoms with Crippen LogP contribution in [0.2, 0.25) is 0 Å². The highest BCUT2D eigenvalue weighted by atomic mass is 16.5. The van der Waals surface area contributed by atoms with E-state index in [2.05, 4.69) is 23.6 Å². The van der Waals surface area contributed by atoms with Gasteiger partial charge in [-0.15, -0.1) is 0 Å². The fourth-order valence-electron chi connectivity index (χ4n) is 3.41. The van der Waals surface area contributed by atoms with Gasteiger partial charge in [0.15, 0.2) is 11.5 Å². The lowest BCUT2D eigenvalue weighted by Crippen LogP contribution is -2.10. The second-order valence-electron chi connectivity index (χ2n) is 7.65. The van der Waals surface area contributed by atoms with Crippen LogP contribution >= 0.6 is 0 Å². The number of aryl methyl sites for hydroxylation is 1. The van der Waals surface area contributed by atoms with Gasteiger partial charge in [-0.2, -0.15) is 0 Å². The molecule has 0 unspecified atom stereocenters. The molecule has 0 spiro atoms. The number of hydrogen-bond donors (Lipinski definition) is 2. The van der Waals surface area contributed by atoms with E-state index in [0.717, 1.165) is 54.6 Å². The molecule has 0 aliphatic rings. The lowest BCUT2D eigenvalue weighted by Gasteiger charge is -2.13. The summed E-state index contributed by atoms with van der Waals surface area (Å²) in [5, 5.41) is 6.40. The standard InChI is InChI=1S/C19H24O3.C10H16N2O.C2H6/c1-3-9-16-10-5-6-11-17(16)21-14-15-22-19-13-8-7-12-18(19)20-4-2;1-11-9-5-3-4-6-10(9)12-7-8-13-2;1-2/h5-8,10-13H,3-4,9,14-15H2,1-2H3;3-6,11-12H,7-8H2,1-2H3;1-2H3. The summed E-state index contributed by atoms with van der Waals surface area (Å²) in [7, 11) is 3.61. The molecule has 0 atom stereocenters. The maximum absolute atomic E-state index is 5.85. The van der Waals surface area contributed by atoms with Crippen molar-refractivity contribution in [2.75, 3.05) is 57.8 Å². The molecule has 6 heteroatoms. The average molecular weight is 511 g/mol. The van der Waals surface area contributed by atoms with Crippen molar-refractivity contribution in [1.82, 2.24) is 0 Å². The molecule has 0 radical (unpaired) electrons. The van der Waals surface area contributed by atoms with Crippen LogP contribution in [0.3, 0.4) is 0 Å². The molecule has 0 bridgehead atoms. The van der Waals surface area contributed by atoms with Gasteiger partial charge in [-0.1, -0.05) is 69.7 Å². The van der Waals surface area contributed by atoms with E-state index in [4.69, 9.17) is 18.9 Å². The third-order valence-electron chi connectivity index (χ3n) is 5.06. The molecule has 3 aromatic rings. The van der Waals surface area contributed by atoms with Crippen molar-refractivity contribution < 1.29 is 18.9 Å². The average Bonchev–Trinajstić information content (AvgIpc) is 2.95. The third-order valence-corrected chi connectivity index (χ3v) is 5.06. The van der Waals surface area contributed by atoms with E-state index in [9.17, 15) is 0 Å². The molecular formula is C31H46N2O4. The monoisotopic (exact) mass is 510 g/mol. The molecule has 0 aliphatic carbocycles. The van der Waals surface area contributed by atoms with Gasteiger partial charge < -0.3 is 29.6 Å². The van der Waals surface area contributed by atoms with Crippen molar-refractivity contribution in [2.45, 2.75) is 40.5 Å². The van der Waals surface area contributed by atoms with Crippen LogP contribution in [0.5, 0.6) is 17.2 Å². The zero-order chi connectivity index (χ0) is 27.1. The summed E-state index contributed by atoms with van der Waals surface area (Å²) >= 11 is 0. The Kier molecular flexibility index (Phi) is 17.8. The molecule has 2 N–H and O–H groups in total. The van der Waals surface area contributed by atoms with Gasteiger partial charge in [-0.25, -0.2) is 0 Å².